The van der Waals surface area contributed by atoms with Crippen LogP contribution in [0.5, 0.6) is 11.5 Å². The molecule has 0 radical (unpaired) electrons. The number of carbonyl (C=O) groups excluding carboxylic acids is 1. The number of hydrogen-bond donors (Lipinski definition) is 1. The molecule has 1 aromatic carbocycles. The summed E-state index contributed by atoms with van der Waals surface area (Å²) >= 11 is 5.84. The molecule has 0 saturated carbocycles. The van der Waals surface area contributed by atoms with Crippen molar-refractivity contribution >= 4 is 17.5 Å². The van der Waals surface area contributed by atoms with Crippen LogP contribution in [0.15, 0.2) is 18.2 Å². The van der Waals surface area contributed by atoms with Crippen LogP contribution in [0.3, 0.4) is 0 Å². The van der Waals surface area contributed by atoms with Gasteiger partial charge in [0, 0.05) is 23.6 Å². The Hall–Kier alpha value is -1.42. The van der Waals surface area contributed by atoms with Gasteiger partial charge in [0.05, 0.1) is 14.2 Å². The Bertz CT molecular complexity index is 399. The molecule has 0 bridgehead atoms. The van der Waals surface area contributed by atoms with Crippen molar-refractivity contribution in [3.05, 3.63) is 23.8 Å². The minimum Gasteiger partial charge on any atom is -0.497 e. The van der Waals surface area contributed by atoms with E-state index in [0.29, 0.717) is 23.6 Å². The van der Waals surface area contributed by atoms with Gasteiger partial charge in [0.2, 0.25) is 0 Å². The molecule has 1 rings (SSSR count). The molecule has 1 atom stereocenters. The normalized spacial score (nSPS) is 11.8. The Morgan fingerprint density at radius 1 is 1.26 bits per heavy atom. The van der Waals surface area contributed by atoms with E-state index in [1.165, 1.54) is 0 Å². The van der Waals surface area contributed by atoms with Crippen LogP contribution in [0.25, 0.3) is 0 Å². The van der Waals surface area contributed by atoms with Gasteiger partial charge >= 0.3 is 0 Å². The minimum atomic E-state index is -0.139. The molecule has 19 heavy (non-hydrogen) atoms. The lowest BCUT2D eigenvalue weighted by molar-refractivity contribution is 0.0952. The number of benzene rings is 1. The van der Waals surface area contributed by atoms with Gasteiger partial charge in [-0.3, -0.25) is 4.79 Å². The number of ether oxygens (including phenoxy) is 2. The van der Waals surface area contributed by atoms with Crippen molar-refractivity contribution in [1.29, 1.82) is 0 Å². The van der Waals surface area contributed by atoms with E-state index in [9.17, 15) is 4.79 Å². The smallest absolute Gasteiger partial charge is 0.251 e. The van der Waals surface area contributed by atoms with Crippen molar-refractivity contribution in [2.45, 2.75) is 25.1 Å². The summed E-state index contributed by atoms with van der Waals surface area (Å²) < 4.78 is 10.3. The fourth-order valence-corrected chi connectivity index (χ4v) is 1.78. The molecule has 4 nitrogen and oxygen atoms in total. The topological polar surface area (TPSA) is 47.6 Å². The van der Waals surface area contributed by atoms with Gasteiger partial charge < -0.3 is 14.8 Å². The van der Waals surface area contributed by atoms with E-state index >= 15 is 0 Å². The predicted octanol–water partition coefficient (Wildman–Crippen LogP) is 2.84. The quantitative estimate of drug-likeness (QED) is 0.619. The molecular formula is C14H20ClNO3. The van der Waals surface area contributed by atoms with Crippen molar-refractivity contribution in [3.63, 3.8) is 0 Å². The number of carbonyl (C=O) groups is 1. The van der Waals surface area contributed by atoms with Gasteiger partial charge in [0.15, 0.2) is 0 Å². The lowest BCUT2D eigenvalue weighted by atomic mass is 10.2. The maximum Gasteiger partial charge on any atom is 0.251 e. The van der Waals surface area contributed by atoms with Crippen LogP contribution in [-0.4, -0.2) is 32.0 Å². The number of amides is 1. The van der Waals surface area contributed by atoms with Gasteiger partial charge in [0.1, 0.15) is 11.5 Å². The number of hydrogen-bond acceptors (Lipinski definition) is 3. The fraction of sp³-hybridized carbons (Fsp3) is 0.500. The second-order valence-corrected chi connectivity index (χ2v) is 5.03. The van der Waals surface area contributed by atoms with Crippen LogP contribution >= 0.6 is 11.6 Å². The highest BCUT2D eigenvalue weighted by Gasteiger charge is 2.09. The van der Waals surface area contributed by atoms with E-state index in [2.05, 4.69) is 5.32 Å². The molecular weight excluding hydrogens is 266 g/mol. The first kappa shape index (κ1) is 15.6. The maximum absolute atomic E-state index is 12.0. The Morgan fingerprint density at radius 3 is 2.32 bits per heavy atom. The first-order valence-corrected chi connectivity index (χ1v) is 6.65. The lowest BCUT2D eigenvalue weighted by Gasteiger charge is -2.09. The van der Waals surface area contributed by atoms with Crippen LogP contribution < -0.4 is 14.8 Å². The Kier molecular flexibility index (Phi) is 6.50. The van der Waals surface area contributed by atoms with Crippen LogP contribution in [0.1, 0.15) is 30.1 Å². The monoisotopic (exact) mass is 285 g/mol. The summed E-state index contributed by atoms with van der Waals surface area (Å²) in [6, 6.07) is 5.09. The number of nitrogens with one attached hydrogen (secondary N) is 1. The number of halogens is 1. The summed E-state index contributed by atoms with van der Waals surface area (Å²) in [5.41, 5.74) is 0.523. The number of rotatable bonds is 7. The van der Waals surface area contributed by atoms with Crippen LogP contribution in [0, 0.1) is 0 Å². The van der Waals surface area contributed by atoms with Crippen molar-refractivity contribution in [2.24, 2.45) is 0 Å². The molecule has 0 aliphatic rings. The third kappa shape index (κ3) is 5.39. The summed E-state index contributed by atoms with van der Waals surface area (Å²) in [6.45, 7) is 2.55. The van der Waals surface area contributed by atoms with E-state index in [1.807, 2.05) is 6.92 Å². The minimum absolute atomic E-state index is 0.133. The first-order valence-electron chi connectivity index (χ1n) is 6.22. The lowest BCUT2D eigenvalue weighted by Crippen LogP contribution is -2.24. The van der Waals surface area contributed by atoms with Gasteiger partial charge in [-0.25, -0.2) is 0 Å². The summed E-state index contributed by atoms with van der Waals surface area (Å²) in [5, 5.41) is 2.98. The Morgan fingerprint density at radius 2 is 1.84 bits per heavy atom. The highest BCUT2D eigenvalue weighted by molar-refractivity contribution is 6.20. The predicted molar refractivity (Wildman–Crippen MR) is 76.4 cm³/mol. The first-order chi connectivity index (χ1) is 9.06. The second kappa shape index (κ2) is 7.89. The molecule has 1 aromatic rings. The van der Waals surface area contributed by atoms with Crippen LogP contribution in [0.2, 0.25) is 0 Å². The zero-order chi connectivity index (χ0) is 14.3. The molecule has 0 fully saturated rings. The molecule has 0 aliphatic carbocycles. The van der Waals surface area contributed by atoms with Crippen molar-refractivity contribution < 1.29 is 14.3 Å². The third-order valence-electron chi connectivity index (χ3n) is 2.68. The summed E-state index contributed by atoms with van der Waals surface area (Å²) in [6.07, 6.45) is 1.74. The number of alkyl halides is 1. The van der Waals surface area contributed by atoms with E-state index < -0.39 is 0 Å². The average Bonchev–Trinajstić information content (AvgIpc) is 2.42. The number of methoxy groups -OCH3 is 2. The summed E-state index contributed by atoms with van der Waals surface area (Å²) in [5.74, 6) is 1.05. The molecule has 0 aliphatic heterocycles. The summed E-state index contributed by atoms with van der Waals surface area (Å²) in [4.78, 5) is 12.0. The zero-order valence-corrected chi connectivity index (χ0v) is 12.3. The third-order valence-corrected chi connectivity index (χ3v) is 2.90. The highest BCUT2D eigenvalue weighted by Crippen LogP contribution is 2.22. The maximum atomic E-state index is 12.0. The average molecular weight is 286 g/mol. The molecule has 0 spiro atoms. The standard InChI is InChI=1S/C14H20ClNO3/c1-10(15)5-4-6-16-14(17)11-7-12(18-2)9-13(8-11)19-3/h7-10H,4-6H2,1-3H3,(H,16,17). The SMILES string of the molecule is COc1cc(OC)cc(C(=O)NCCCC(C)Cl)c1. The van der Waals surface area contributed by atoms with Crippen LogP contribution in [0.4, 0.5) is 0 Å². The fourth-order valence-electron chi connectivity index (χ4n) is 1.63. The Labute approximate surface area is 119 Å². The molecule has 0 heterocycles. The molecule has 1 unspecified atom stereocenters. The van der Waals surface area contributed by atoms with Crippen molar-refractivity contribution in [2.75, 3.05) is 20.8 Å². The molecule has 0 saturated heterocycles. The molecule has 1 amide bonds. The van der Waals surface area contributed by atoms with E-state index in [4.69, 9.17) is 21.1 Å². The van der Waals surface area contributed by atoms with Crippen molar-refractivity contribution in [3.8, 4) is 11.5 Å². The van der Waals surface area contributed by atoms with E-state index in [1.54, 1.807) is 32.4 Å². The van der Waals surface area contributed by atoms with Crippen molar-refractivity contribution in [1.82, 2.24) is 5.32 Å². The Balaban J connectivity index is 2.60. The van der Waals surface area contributed by atoms with Gasteiger partial charge in [-0.15, -0.1) is 11.6 Å². The molecule has 106 valence electrons. The molecule has 0 aromatic heterocycles. The molecule has 5 heteroatoms. The zero-order valence-electron chi connectivity index (χ0n) is 11.5. The second-order valence-electron chi connectivity index (χ2n) is 4.28. The van der Waals surface area contributed by atoms with E-state index in [-0.39, 0.29) is 11.3 Å². The highest BCUT2D eigenvalue weighted by atomic mass is 35.5. The largest absolute Gasteiger partial charge is 0.497 e. The van der Waals surface area contributed by atoms with Gasteiger partial charge in [-0.1, -0.05) is 0 Å². The van der Waals surface area contributed by atoms with Gasteiger partial charge in [0.25, 0.3) is 5.91 Å². The van der Waals surface area contributed by atoms with Crippen LogP contribution in [-0.2, 0) is 0 Å². The summed E-state index contributed by atoms with van der Waals surface area (Å²) in [7, 11) is 3.11. The van der Waals surface area contributed by atoms with E-state index in [0.717, 1.165) is 12.8 Å². The van der Waals surface area contributed by atoms with Gasteiger partial charge in [-0.2, -0.15) is 0 Å². The molecule has 1 N–H and O–H groups in total. The van der Waals surface area contributed by atoms with Gasteiger partial charge in [-0.05, 0) is 31.9 Å².